The topological polar surface area (TPSA) is 60.2 Å². The summed E-state index contributed by atoms with van der Waals surface area (Å²) in [6.07, 6.45) is 2.95. The maximum atomic E-state index is 5.53. The molecule has 0 fully saturated rings. The number of aryl methyl sites for hydroxylation is 1. The van der Waals surface area contributed by atoms with Crippen molar-refractivity contribution in [2.75, 3.05) is 13.2 Å². The van der Waals surface area contributed by atoms with Gasteiger partial charge in [0.1, 0.15) is 0 Å². The van der Waals surface area contributed by atoms with Crippen LogP contribution in [0.4, 0.5) is 0 Å². The molecule has 0 amide bonds. The summed E-state index contributed by atoms with van der Waals surface area (Å²) in [5.74, 6) is 5.53. The Kier molecular flexibility index (Phi) is 6.56. The van der Waals surface area contributed by atoms with Crippen molar-refractivity contribution in [1.29, 1.82) is 0 Å². The minimum atomic E-state index is 0.293. The van der Waals surface area contributed by atoms with Crippen molar-refractivity contribution in [2.24, 2.45) is 5.84 Å². The molecule has 3 N–H and O–H groups in total. The standard InChI is InChI=1S/C11H21N3OS/c1-3-15-6-4-5-10(14-12)7-11-8-16-9(2)13-11/h8,10,14H,3-7,12H2,1-2H3. The quantitative estimate of drug-likeness (QED) is 0.414. The van der Waals surface area contributed by atoms with Crippen LogP contribution in [0.5, 0.6) is 0 Å². The van der Waals surface area contributed by atoms with Gasteiger partial charge in [0.25, 0.3) is 0 Å². The number of hydrogen-bond acceptors (Lipinski definition) is 5. The molecule has 0 bridgehead atoms. The van der Waals surface area contributed by atoms with Crippen LogP contribution in [0, 0.1) is 6.92 Å². The van der Waals surface area contributed by atoms with Gasteiger partial charge < -0.3 is 4.74 Å². The van der Waals surface area contributed by atoms with Crippen molar-refractivity contribution >= 4 is 11.3 Å². The van der Waals surface area contributed by atoms with Gasteiger partial charge in [-0.2, -0.15) is 0 Å². The summed E-state index contributed by atoms with van der Waals surface area (Å²) in [7, 11) is 0. The lowest BCUT2D eigenvalue weighted by Crippen LogP contribution is -2.37. The number of thiazole rings is 1. The van der Waals surface area contributed by atoms with Crippen molar-refractivity contribution in [2.45, 2.75) is 39.2 Å². The Morgan fingerprint density at radius 3 is 3.00 bits per heavy atom. The molecule has 1 atom stereocenters. The fourth-order valence-corrected chi connectivity index (χ4v) is 2.20. The molecule has 5 heteroatoms. The first kappa shape index (κ1) is 13.6. The normalized spacial score (nSPS) is 12.9. The van der Waals surface area contributed by atoms with Gasteiger partial charge in [0.05, 0.1) is 10.7 Å². The number of nitrogens with one attached hydrogen (secondary N) is 1. The second-order valence-electron chi connectivity index (χ2n) is 3.76. The lowest BCUT2D eigenvalue weighted by molar-refractivity contribution is 0.140. The first-order chi connectivity index (χ1) is 7.76. The Hall–Kier alpha value is -0.490. The summed E-state index contributed by atoms with van der Waals surface area (Å²) in [5, 5.41) is 3.21. The molecule has 0 aliphatic rings. The van der Waals surface area contributed by atoms with E-state index in [1.54, 1.807) is 11.3 Å². The van der Waals surface area contributed by atoms with Crippen LogP contribution in [0.3, 0.4) is 0 Å². The Labute approximate surface area is 101 Å². The van der Waals surface area contributed by atoms with E-state index < -0.39 is 0 Å². The molecular weight excluding hydrogens is 222 g/mol. The third kappa shape index (κ3) is 5.03. The molecule has 0 aromatic carbocycles. The van der Waals surface area contributed by atoms with Crippen molar-refractivity contribution in [3.05, 3.63) is 16.1 Å². The van der Waals surface area contributed by atoms with Gasteiger partial charge >= 0.3 is 0 Å². The highest BCUT2D eigenvalue weighted by atomic mass is 32.1. The highest BCUT2D eigenvalue weighted by Gasteiger charge is 2.09. The van der Waals surface area contributed by atoms with Crippen molar-refractivity contribution < 1.29 is 4.74 Å². The number of aromatic nitrogens is 1. The zero-order valence-electron chi connectivity index (χ0n) is 10.0. The molecule has 0 saturated heterocycles. The van der Waals surface area contributed by atoms with E-state index in [2.05, 4.69) is 15.8 Å². The molecule has 16 heavy (non-hydrogen) atoms. The first-order valence-electron chi connectivity index (χ1n) is 5.71. The smallest absolute Gasteiger partial charge is 0.0897 e. The van der Waals surface area contributed by atoms with E-state index >= 15 is 0 Å². The van der Waals surface area contributed by atoms with Gasteiger partial charge in [-0.05, 0) is 26.7 Å². The van der Waals surface area contributed by atoms with Crippen molar-refractivity contribution in [3.63, 3.8) is 0 Å². The van der Waals surface area contributed by atoms with Crippen LogP contribution in [0.25, 0.3) is 0 Å². The van der Waals surface area contributed by atoms with Crippen molar-refractivity contribution in [3.8, 4) is 0 Å². The van der Waals surface area contributed by atoms with Crippen LogP contribution in [0.1, 0.15) is 30.5 Å². The Morgan fingerprint density at radius 1 is 1.62 bits per heavy atom. The molecule has 1 unspecified atom stereocenters. The summed E-state index contributed by atoms with van der Waals surface area (Å²) < 4.78 is 5.30. The third-order valence-electron chi connectivity index (χ3n) is 2.40. The Balaban J connectivity index is 2.26. The Morgan fingerprint density at radius 2 is 2.44 bits per heavy atom. The maximum Gasteiger partial charge on any atom is 0.0897 e. The average molecular weight is 243 g/mol. The van der Waals surface area contributed by atoms with Gasteiger partial charge in [-0.1, -0.05) is 0 Å². The maximum absolute atomic E-state index is 5.53. The summed E-state index contributed by atoms with van der Waals surface area (Å²) in [6, 6.07) is 0.293. The number of hydrazine groups is 1. The summed E-state index contributed by atoms with van der Waals surface area (Å²) in [6.45, 7) is 5.63. The lowest BCUT2D eigenvalue weighted by atomic mass is 10.1. The van der Waals surface area contributed by atoms with E-state index in [1.165, 1.54) is 0 Å². The highest BCUT2D eigenvalue weighted by molar-refractivity contribution is 7.09. The largest absolute Gasteiger partial charge is 0.382 e. The molecule has 1 heterocycles. The minimum Gasteiger partial charge on any atom is -0.382 e. The van der Waals surface area contributed by atoms with Crippen LogP contribution in [-0.2, 0) is 11.2 Å². The van der Waals surface area contributed by atoms with E-state index in [0.29, 0.717) is 6.04 Å². The van der Waals surface area contributed by atoms with Gasteiger partial charge in [-0.25, -0.2) is 4.98 Å². The van der Waals surface area contributed by atoms with Crippen molar-refractivity contribution in [1.82, 2.24) is 10.4 Å². The van der Waals surface area contributed by atoms with Crippen LogP contribution in [0.15, 0.2) is 5.38 Å². The zero-order valence-corrected chi connectivity index (χ0v) is 10.8. The third-order valence-corrected chi connectivity index (χ3v) is 3.23. The number of nitrogens with zero attached hydrogens (tertiary/aromatic N) is 1. The first-order valence-corrected chi connectivity index (χ1v) is 6.59. The van der Waals surface area contributed by atoms with Gasteiger partial charge in [0.2, 0.25) is 0 Å². The molecular formula is C11H21N3OS. The fraction of sp³-hybridized carbons (Fsp3) is 0.727. The summed E-state index contributed by atoms with van der Waals surface area (Å²) in [4.78, 5) is 4.43. The SMILES string of the molecule is CCOCCCC(Cc1csc(C)n1)NN. The number of hydrogen-bond donors (Lipinski definition) is 2. The van der Waals surface area contributed by atoms with Gasteiger partial charge in [0.15, 0.2) is 0 Å². The predicted octanol–water partition coefficient (Wildman–Crippen LogP) is 1.64. The summed E-state index contributed by atoms with van der Waals surface area (Å²) >= 11 is 1.68. The molecule has 1 aromatic rings. The fourth-order valence-electron chi connectivity index (χ4n) is 1.57. The molecule has 0 spiro atoms. The number of ether oxygens (including phenoxy) is 1. The second kappa shape index (κ2) is 7.73. The van der Waals surface area contributed by atoms with Crippen LogP contribution < -0.4 is 11.3 Å². The Bertz CT molecular complexity index is 291. The lowest BCUT2D eigenvalue weighted by Gasteiger charge is -2.14. The zero-order chi connectivity index (χ0) is 11.8. The van der Waals surface area contributed by atoms with Crippen LogP contribution in [-0.4, -0.2) is 24.2 Å². The molecule has 92 valence electrons. The molecule has 0 aliphatic heterocycles. The van der Waals surface area contributed by atoms with E-state index in [0.717, 1.165) is 43.2 Å². The average Bonchev–Trinajstić information content (AvgIpc) is 2.68. The predicted molar refractivity (Wildman–Crippen MR) is 67.4 cm³/mol. The molecule has 0 aliphatic carbocycles. The van der Waals surface area contributed by atoms with E-state index in [4.69, 9.17) is 10.6 Å². The van der Waals surface area contributed by atoms with E-state index in [-0.39, 0.29) is 0 Å². The molecule has 1 aromatic heterocycles. The molecule has 0 saturated carbocycles. The molecule has 1 rings (SSSR count). The molecule has 4 nitrogen and oxygen atoms in total. The van der Waals surface area contributed by atoms with Crippen LogP contribution in [0.2, 0.25) is 0 Å². The number of rotatable bonds is 8. The summed E-state index contributed by atoms with van der Waals surface area (Å²) in [5.41, 5.74) is 3.97. The number of nitrogens with two attached hydrogens (primary N) is 1. The highest BCUT2D eigenvalue weighted by Crippen LogP contribution is 2.11. The monoisotopic (exact) mass is 243 g/mol. The van der Waals surface area contributed by atoms with Gasteiger partial charge in [-0.3, -0.25) is 11.3 Å². The van der Waals surface area contributed by atoms with E-state index in [9.17, 15) is 0 Å². The van der Waals surface area contributed by atoms with Gasteiger partial charge in [-0.15, -0.1) is 11.3 Å². The van der Waals surface area contributed by atoms with Gasteiger partial charge in [0, 0.05) is 31.1 Å². The second-order valence-corrected chi connectivity index (χ2v) is 4.83. The van der Waals surface area contributed by atoms with E-state index in [1.807, 2.05) is 13.8 Å². The minimum absolute atomic E-state index is 0.293. The van der Waals surface area contributed by atoms with Crippen LogP contribution >= 0.6 is 11.3 Å². The molecule has 0 radical (unpaired) electrons.